The highest BCUT2D eigenvalue weighted by Gasteiger charge is 2.33. The highest BCUT2D eigenvalue weighted by molar-refractivity contribution is 6.03. The van der Waals surface area contributed by atoms with E-state index in [1.807, 2.05) is 67.7 Å². The first kappa shape index (κ1) is 26.1. The van der Waals surface area contributed by atoms with Crippen LogP contribution in [0.25, 0.3) is 33.3 Å². The fourth-order valence-electron chi connectivity index (χ4n) is 5.79. The lowest BCUT2D eigenvalue weighted by molar-refractivity contribution is 0.0707. The van der Waals surface area contributed by atoms with Crippen molar-refractivity contribution in [3.8, 4) is 40.0 Å². The van der Waals surface area contributed by atoms with Crippen molar-refractivity contribution < 1.29 is 14.3 Å². The lowest BCUT2D eigenvalue weighted by Gasteiger charge is -2.34. The fraction of sp³-hybridized carbons (Fsp3) is 0.250. The third-order valence-electron chi connectivity index (χ3n) is 7.78. The van der Waals surface area contributed by atoms with Crippen molar-refractivity contribution in [3.05, 3.63) is 83.2 Å². The number of aromatic nitrogens is 4. The summed E-state index contributed by atoms with van der Waals surface area (Å²) in [5.41, 5.74) is 7.22. The molecule has 0 N–H and O–H groups in total. The Morgan fingerprint density at radius 3 is 2.46 bits per heavy atom. The molecule has 6 rings (SSSR count). The first-order valence-corrected chi connectivity index (χ1v) is 13.4. The Hall–Kier alpha value is -5.10. The van der Waals surface area contributed by atoms with E-state index in [1.54, 1.807) is 29.8 Å². The van der Waals surface area contributed by atoms with Gasteiger partial charge in [-0.1, -0.05) is 19.1 Å². The van der Waals surface area contributed by atoms with E-state index in [-0.39, 0.29) is 11.8 Å². The molecule has 0 fully saturated rings. The largest absolute Gasteiger partial charge is 0.497 e. The third kappa shape index (κ3) is 4.47. The molecule has 41 heavy (non-hydrogen) atoms. The summed E-state index contributed by atoms with van der Waals surface area (Å²) in [6.07, 6.45) is 3.69. The number of methoxy groups -OCH3 is 2. The standard InChI is InChI=1S/C32H30N6O3/c1-19-16-38(17-20-6-8-25(40-4)9-7-20)32(39)30-26(19)11-22(13-28(30)41-5)31-29-23(14-33)10-21(12-27(29)35-37(31)3)24-15-34-36(2)18-24/h6-13,15,18-19H,16-17H2,1-5H3. The number of nitriles is 1. The molecule has 0 radical (unpaired) electrons. The molecule has 1 aliphatic rings. The van der Waals surface area contributed by atoms with Gasteiger partial charge in [-0.15, -0.1) is 0 Å². The average Bonchev–Trinajstić information content (AvgIpc) is 3.57. The molecular formula is C32H30N6O3. The molecule has 3 heterocycles. The van der Waals surface area contributed by atoms with Gasteiger partial charge in [-0.3, -0.25) is 14.2 Å². The van der Waals surface area contributed by atoms with Gasteiger partial charge in [0.1, 0.15) is 11.5 Å². The number of aryl methyl sites for hydroxylation is 2. The lowest BCUT2D eigenvalue weighted by Crippen LogP contribution is -2.39. The van der Waals surface area contributed by atoms with Gasteiger partial charge in [-0.05, 0) is 59.0 Å². The molecule has 0 saturated carbocycles. The monoisotopic (exact) mass is 546 g/mol. The van der Waals surface area contributed by atoms with Crippen LogP contribution in [0.4, 0.5) is 0 Å². The number of benzene rings is 3. The quantitative estimate of drug-likeness (QED) is 0.287. The van der Waals surface area contributed by atoms with Crippen molar-refractivity contribution in [3.63, 3.8) is 0 Å². The van der Waals surface area contributed by atoms with Gasteiger partial charge in [0, 0.05) is 49.9 Å². The molecule has 206 valence electrons. The van der Waals surface area contributed by atoms with Crippen LogP contribution in [0, 0.1) is 11.3 Å². The Morgan fingerprint density at radius 1 is 1.02 bits per heavy atom. The Balaban J connectivity index is 1.43. The van der Waals surface area contributed by atoms with Crippen LogP contribution in [-0.4, -0.2) is 51.1 Å². The molecule has 1 amide bonds. The molecule has 1 aliphatic heterocycles. The lowest BCUT2D eigenvalue weighted by atomic mass is 9.87. The van der Waals surface area contributed by atoms with E-state index < -0.39 is 0 Å². The molecule has 5 aromatic rings. The fourth-order valence-corrected chi connectivity index (χ4v) is 5.79. The highest BCUT2D eigenvalue weighted by atomic mass is 16.5. The van der Waals surface area contributed by atoms with E-state index in [4.69, 9.17) is 14.6 Å². The van der Waals surface area contributed by atoms with Gasteiger partial charge in [0.05, 0.1) is 48.8 Å². The van der Waals surface area contributed by atoms with Crippen molar-refractivity contribution in [2.45, 2.75) is 19.4 Å². The van der Waals surface area contributed by atoms with Crippen molar-refractivity contribution in [1.29, 1.82) is 5.26 Å². The molecule has 2 aromatic heterocycles. The maximum absolute atomic E-state index is 13.8. The maximum atomic E-state index is 13.8. The van der Waals surface area contributed by atoms with E-state index in [9.17, 15) is 10.1 Å². The minimum absolute atomic E-state index is 0.0639. The molecule has 0 saturated heterocycles. The highest BCUT2D eigenvalue weighted by Crippen LogP contribution is 2.41. The van der Waals surface area contributed by atoms with Crippen molar-refractivity contribution in [2.75, 3.05) is 20.8 Å². The van der Waals surface area contributed by atoms with E-state index in [1.165, 1.54) is 0 Å². The van der Waals surface area contributed by atoms with Crippen LogP contribution in [0.15, 0.2) is 60.9 Å². The number of ether oxygens (including phenoxy) is 2. The zero-order valence-corrected chi connectivity index (χ0v) is 23.7. The second kappa shape index (κ2) is 10.1. The van der Waals surface area contributed by atoms with Gasteiger partial charge < -0.3 is 14.4 Å². The SMILES string of the molecule is COc1ccc(CN2CC(C)c3cc(-c4c5c(C#N)cc(-c6cnn(C)c6)cc5nn4C)cc(OC)c3C2=O)cc1. The van der Waals surface area contributed by atoms with Gasteiger partial charge in [0.15, 0.2) is 0 Å². The predicted octanol–water partition coefficient (Wildman–Crippen LogP) is 5.29. The average molecular weight is 547 g/mol. The van der Waals surface area contributed by atoms with Gasteiger partial charge in [0.2, 0.25) is 0 Å². The number of amides is 1. The summed E-state index contributed by atoms with van der Waals surface area (Å²) < 4.78 is 14.6. The number of hydrogen-bond acceptors (Lipinski definition) is 6. The number of rotatable bonds is 6. The zero-order valence-electron chi connectivity index (χ0n) is 23.7. The number of carbonyl (C=O) groups excluding carboxylic acids is 1. The van der Waals surface area contributed by atoms with E-state index in [0.717, 1.165) is 44.6 Å². The van der Waals surface area contributed by atoms with Crippen LogP contribution < -0.4 is 9.47 Å². The summed E-state index contributed by atoms with van der Waals surface area (Å²) in [6, 6.07) is 17.9. The summed E-state index contributed by atoms with van der Waals surface area (Å²) >= 11 is 0. The zero-order chi connectivity index (χ0) is 28.8. The first-order valence-electron chi connectivity index (χ1n) is 13.4. The van der Waals surface area contributed by atoms with Crippen LogP contribution >= 0.6 is 0 Å². The van der Waals surface area contributed by atoms with Crippen LogP contribution in [0.5, 0.6) is 11.5 Å². The number of carbonyl (C=O) groups is 1. The molecule has 0 bridgehead atoms. The van der Waals surface area contributed by atoms with Gasteiger partial charge in [-0.2, -0.15) is 15.5 Å². The summed E-state index contributed by atoms with van der Waals surface area (Å²) in [5, 5.41) is 20.0. The van der Waals surface area contributed by atoms with E-state index in [2.05, 4.69) is 24.2 Å². The molecule has 9 heteroatoms. The number of nitrogens with zero attached hydrogens (tertiary/aromatic N) is 6. The minimum Gasteiger partial charge on any atom is -0.497 e. The second-order valence-electron chi connectivity index (χ2n) is 10.5. The summed E-state index contributed by atoms with van der Waals surface area (Å²) in [5.74, 6) is 1.30. The molecule has 0 aliphatic carbocycles. The van der Waals surface area contributed by atoms with Gasteiger partial charge in [-0.25, -0.2) is 0 Å². The molecule has 3 aromatic carbocycles. The van der Waals surface area contributed by atoms with Crippen LogP contribution in [0.1, 0.15) is 39.9 Å². The van der Waals surface area contributed by atoms with Gasteiger partial charge in [0.25, 0.3) is 5.91 Å². The third-order valence-corrected chi connectivity index (χ3v) is 7.78. The molecule has 1 atom stereocenters. The van der Waals surface area contributed by atoms with Crippen molar-refractivity contribution >= 4 is 16.8 Å². The summed E-state index contributed by atoms with van der Waals surface area (Å²) in [6.45, 7) is 3.20. The summed E-state index contributed by atoms with van der Waals surface area (Å²) in [7, 11) is 6.95. The van der Waals surface area contributed by atoms with Gasteiger partial charge >= 0.3 is 0 Å². The Kier molecular flexibility index (Phi) is 6.46. The van der Waals surface area contributed by atoms with Crippen LogP contribution in [0.2, 0.25) is 0 Å². The first-order chi connectivity index (χ1) is 19.8. The van der Waals surface area contributed by atoms with Crippen LogP contribution in [0.3, 0.4) is 0 Å². The minimum atomic E-state index is -0.0639. The number of hydrogen-bond donors (Lipinski definition) is 0. The van der Waals surface area contributed by atoms with Crippen molar-refractivity contribution in [2.24, 2.45) is 14.1 Å². The normalized spacial score (nSPS) is 14.7. The molecule has 0 spiro atoms. The Morgan fingerprint density at radius 2 is 1.80 bits per heavy atom. The number of fused-ring (bicyclic) bond motifs is 2. The van der Waals surface area contributed by atoms with Crippen LogP contribution in [-0.2, 0) is 20.6 Å². The smallest absolute Gasteiger partial charge is 0.258 e. The molecule has 9 nitrogen and oxygen atoms in total. The Bertz CT molecular complexity index is 1840. The molecule has 1 unspecified atom stereocenters. The maximum Gasteiger partial charge on any atom is 0.258 e. The predicted molar refractivity (Wildman–Crippen MR) is 156 cm³/mol. The van der Waals surface area contributed by atoms with E-state index >= 15 is 0 Å². The summed E-state index contributed by atoms with van der Waals surface area (Å²) in [4.78, 5) is 15.6. The van der Waals surface area contributed by atoms with Crippen molar-refractivity contribution in [1.82, 2.24) is 24.5 Å². The second-order valence-corrected chi connectivity index (χ2v) is 10.5. The Labute approximate surface area is 238 Å². The van der Waals surface area contributed by atoms with E-state index in [0.29, 0.717) is 35.5 Å². The topological polar surface area (TPSA) is 98.2 Å². The molecular weight excluding hydrogens is 516 g/mol.